The van der Waals surface area contributed by atoms with E-state index in [-0.39, 0.29) is 5.91 Å². The van der Waals surface area contributed by atoms with E-state index in [9.17, 15) is 4.79 Å². The summed E-state index contributed by atoms with van der Waals surface area (Å²) in [4.78, 5) is 15.0. The van der Waals surface area contributed by atoms with Crippen LogP contribution in [-0.2, 0) is 0 Å². The summed E-state index contributed by atoms with van der Waals surface area (Å²) in [6, 6.07) is 13.6. The molecule has 0 unspecified atom stereocenters. The molecule has 0 bridgehead atoms. The smallest absolute Gasteiger partial charge is 0.267 e. The van der Waals surface area contributed by atoms with Crippen molar-refractivity contribution in [3.05, 3.63) is 48.0 Å². The van der Waals surface area contributed by atoms with Crippen molar-refractivity contribution in [3.8, 4) is 22.8 Å². The third kappa shape index (κ3) is 2.48. The maximum Gasteiger partial charge on any atom is 0.267 e. The molecule has 1 aliphatic heterocycles. The van der Waals surface area contributed by atoms with Crippen LogP contribution in [0.3, 0.4) is 0 Å². The maximum absolute atomic E-state index is 12.9. The highest BCUT2D eigenvalue weighted by atomic mass is 16.5. The second-order valence-electron chi connectivity index (χ2n) is 6.43. The van der Waals surface area contributed by atoms with E-state index in [2.05, 4.69) is 4.90 Å². The van der Waals surface area contributed by atoms with Crippen LogP contribution in [-0.4, -0.2) is 49.7 Å². The molecule has 0 radical (unpaired) electrons. The number of benzene rings is 2. The van der Waals surface area contributed by atoms with Crippen LogP contribution in [0.2, 0.25) is 0 Å². The van der Waals surface area contributed by atoms with E-state index < -0.39 is 0 Å². The highest BCUT2D eigenvalue weighted by molar-refractivity contribution is 6.16. The zero-order chi connectivity index (χ0) is 17.6. The van der Waals surface area contributed by atoms with Gasteiger partial charge in [-0.3, -0.25) is 9.36 Å². The average molecular weight is 336 g/mol. The van der Waals surface area contributed by atoms with Crippen LogP contribution in [0.5, 0.6) is 11.5 Å². The summed E-state index contributed by atoms with van der Waals surface area (Å²) < 4.78 is 12.9. The van der Waals surface area contributed by atoms with Crippen molar-refractivity contribution in [3.63, 3.8) is 0 Å². The molecule has 1 aliphatic rings. The van der Waals surface area contributed by atoms with Gasteiger partial charge in [0.1, 0.15) is 18.1 Å². The van der Waals surface area contributed by atoms with E-state index >= 15 is 0 Å². The molecule has 5 heteroatoms. The number of likely N-dealkylation sites (N-methyl/N-ethyl adjacent to an activating group) is 1. The standard InChI is InChI=1S/C20H20N2O3/c1-21(2)9-10-25-14-7-8-16-13(11-14)12-17-15-5-4-6-18(24-3)19(15)20(23)22(16)17/h4-8,11-12H,9-10H2,1-3H3. The molecular weight excluding hydrogens is 316 g/mol. The van der Waals surface area contributed by atoms with Gasteiger partial charge in [-0.1, -0.05) is 12.1 Å². The highest BCUT2D eigenvalue weighted by Crippen LogP contribution is 2.41. The van der Waals surface area contributed by atoms with Crippen LogP contribution in [0, 0.1) is 0 Å². The lowest BCUT2D eigenvalue weighted by atomic mass is 10.1. The fourth-order valence-electron chi connectivity index (χ4n) is 3.29. The van der Waals surface area contributed by atoms with E-state index in [1.165, 1.54) is 0 Å². The number of carbonyl (C=O) groups excluding carboxylic acids is 1. The molecule has 0 fully saturated rings. The molecule has 4 rings (SSSR count). The van der Waals surface area contributed by atoms with Crippen LogP contribution < -0.4 is 9.47 Å². The first kappa shape index (κ1) is 15.7. The van der Waals surface area contributed by atoms with Gasteiger partial charge in [-0.25, -0.2) is 0 Å². The number of hydrogen-bond acceptors (Lipinski definition) is 4. The second-order valence-corrected chi connectivity index (χ2v) is 6.43. The van der Waals surface area contributed by atoms with E-state index in [1.54, 1.807) is 11.7 Å². The molecule has 5 nitrogen and oxygen atoms in total. The second kappa shape index (κ2) is 5.93. The van der Waals surface area contributed by atoms with Gasteiger partial charge < -0.3 is 14.4 Å². The van der Waals surface area contributed by atoms with Crippen LogP contribution in [0.15, 0.2) is 42.5 Å². The molecular formula is C20H20N2O3. The van der Waals surface area contributed by atoms with Gasteiger partial charge in [0, 0.05) is 17.5 Å². The van der Waals surface area contributed by atoms with Gasteiger partial charge in [0.15, 0.2) is 0 Å². The van der Waals surface area contributed by atoms with E-state index in [0.717, 1.165) is 34.5 Å². The zero-order valence-electron chi connectivity index (χ0n) is 14.6. The average Bonchev–Trinajstić information content (AvgIpc) is 3.10. The SMILES string of the molecule is COc1cccc2c1C(=O)n1c-2cc2cc(OCCN(C)C)ccc21. The van der Waals surface area contributed by atoms with Crippen molar-refractivity contribution < 1.29 is 14.3 Å². The van der Waals surface area contributed by atoms with Gasteiger partial charge in [-0.05, 0) is 44.4 Å². The van der Waals surface area contributed by atoms with Crippen LogP contribution in [0.1, 0.15) is 10.4 Å². The molecule has 0 aliphatic carbocycles. The van der Waals surface area contributed by atoms with Crippen LogP contribution >= 0.6 is 0 Å². The molecule has 0 atom stereocenters. The molecule has 0 amide bonds. The molecule has 2 aromatic carbocycles. The highest BCUT2D eigenvalue weighted by Gasteiger charge is 2.31. The van der Waals surface area contributed by atoms with Gasteiger partial charge in [0.25, 0.3) is 5.91 Å². The Balaban J connectivity index is 1.75. The topological polar surface area (TPSA) is 43.7 Å². The normalized spacial score (nSPS) is 12.6. The van der Waals surface area contributed by atoms with Gasteiger partial charge >= 0.3 is 0 Å². The number of hydrogen-bond donors (Lipinski definition) is 0. The lowest BCUT2D eigenvalue weighted by Crippen LogP contribution is -2.19. The van der Waals surface area contributed by atoms with Crippen LogP contribution in [0.25, 0.3) is 22.2 Å². The van der Waals surface area contributed by atoms with Crippen molar-refractivity contribution in [1.82, 2.24) is 9.47 Å². The fraction of sp³-hybridized carbons (Fsp3) is 0.250. The molecule has 128 valence electrons. The Labute approximate surface area is 146 Å². The Bertz CT molecular complexity index is 972. The Kier molecular flexibility index (Phi) is 3.73. The molecule has 3 aromatic rings. The molecule has 0 spiro atoms. The number of carbonyl (C=O) groups is 1. The summed E-state index contributed by atoms with van der Waals surface area (Å²) in [5.74, 6) is 1.39. The summed E-state index contributed by atoms with van der Waals surface area (Å²) in [7, 11) is 5.62. The summed E-state index contributed by atoms with van der Waals surface area (Å²) in [5.41, 5.74) is 3.33. The predicted molar refractivity (Wildman–Crippen MR) is 97.7 cm³/mol. The Hall–Kier alpha value is -2.79. The Morgan fingerprint density at radius 1 is 1.12 bits per heavy atom. The first-order chi connectivity index (χ1) is 12.1. The quantitative estimate of drug-likeness (QED) is 0.561. The maximum atomic E-state index is 12.9. The summed E-state index contributed by atoms with van der Waals surface area (Å²) in [6.07, 6.45) is 0. The molecule has 25 heavy (non-hydrogen) atoms. The lowest BCUT2D eigenvalue weighted by molar-refractivity contribution is 0.0971. The summed E-state index contributed by atoms with van der Waals surface area (Å²) >= 11 is 0. The summed E-state index contributed by atoms with van der Waals surface area (Å²) in [6.45, 7) is 1.49. The molecule has 0 saturated carbocycles. The molecule has 0 N–H and O–H groups in total. The lowest BCUT2D eigenvalue weighted by Gasteiger charge is -2.11. The third-order valence-electron chi connectivity index (χ3n) is 4.52. The van der Waals surface area contributed by atoms with E-state index in [1.807, 2.05) is 56.6 Å². The number of nitrogens with zero attached hydrogens (tertiary/aromatic N) is 2. The summed E-state index contributed by atoms with van der Waals surface area (Å²) in [5, 5.41) is 0.999. The van der Waals surface area contributed by atoms with E-state index in [0.29, 0.717) is 17.9 Å². The fourth-order valence-corrected chi connectivity index (χ4v) is 3.29. The van der Waals surface area contributed by atoms with E-state index in [4.69, 9.17) is 9.47 Å². The minimum atomic E-state index is -0.0428. The van der Waals surface area contributed by atoms with Crippen molar-refractivity contribution in [2.75, 3.05) is 34.4 Å². The van der Waals surface area contributed by atoms with Gasteiger partial charge in [0.05, 0.1) is 23.9 Å². The Morgan fingerprint density at radius 2 is 1.96 bits per heavy atom. The number of rotatable bonds is 5. The van der Waals surface area contributed by atoms with Crippen molar-refractivity contribution >= 4 is 16.8 Å². The van der Waals surface area contributed by atoms with Gasteiger partial charge in [-0.15, -0.1) is 0 Å². The minimum absolute atomic E-state index is 0.0428. The third-order valence-corrected chi connectivity index (χ3v) is 4.52. The van der Waals surface area contributed by atoms with Gasteiger partial charge in [-0.2, -0.15) is 0 Å². The first-order valence-corrected chi connectivity index (χ1v) is 8.25. The molecule has 0 saturated heterocycles. The van der Waals surface area contributed by atoms with Crippen molar-refractivity contribution in [1.29, 1.82) is 0 Å². The van der Waals surface area contributed by atoms with Crippen molar-refractivity contribution in [2.45, 2.75) is 0 Å². The first-order valence-electron chi connectivity index (χ1n) is 8.25. The number of ether oxygens (including phenoxy) is 2. The molecule has 2 heterocycles. The number of methoxy groups -OCH3 is 1. The minimum Gasteiger partial charge on any atom is -0.496 e. The Morgan fingerprint density at radius 3 is 2.72 bits per heavy atom. The zero-order valence-corrected chi connectivity index (χ0v) is 14.6. The molecule has 1 aromatic heterocycles. The number of fused-ring (bicyclic) bond motifs is 5. The van der Waals surface area contributed by atoms with Crippen LogP contribution in [0.4, 0.5) is 0 Å². The monoisotopic (exact) mass is 336 g/mol. The predicted octanol–water partition coefficient (Wildman–Crippen LogP) is 3.26. The number of aromatic nitrogens is 1. The van der Waals surface area contributed by atoms with Crippen molar-refractivity contribution in [2.24, 2.45) is 0 Å². The largest absolute Gasteiger partial charge is 0.496 e. The van der Waals surface area contributed by atoms with Gasteiger partial charge in [0.2, 0.25) is 0 Å².